The summed E-state index contributed by atoms with van der Waals surface area (Å²) in [6, 6.07) is 12.5. The van der Waals surface area contributed by atoms with E-state index in [0.29, 0.717) is 30.0 Å². The van der Waals surface area contributed by atoms with Crippen LogP contribution in [0.25, 0.3) is 0 Å². The lowest BCUT2D eigenvalue weighted by Gasteiger charge is -2.18. The second-order valence-corrected chi connectivity index (χ2v) is 6.13. The number of hydrogen-bond donors (Lipinski definition) is 1. The second kappa shape index (κ2) is 9.04. The van der Waals surface area contributed by atoms with Crippen LogP contribution >= 0.6 is 0 Å². The molecule has 0 spiro atoms. The van der Waals surface area contributed by atoms with Crippen molar-refractivity contribution < 1.29 is 19.1 Å². The highest BCUT2D eigenvalue weighted by atomic mass is 16.5. The fourth-order valence-corrected chi connectivity index (χ4v) is 2.65. The molecule has 0 radical (unpaired) electrons. The van der Waals surface area contributed by atoms with Crippen molar-refractivity contribution >= 4 is 17.6 Å². The number of hydrogen-bond acceptors (Lipinski definition) is 4. The number of anilines is 1. The summed E-state index contributed by atoms with van der Waals surface area (Å²) >= 11 is 0. The first kappa shape index (κ1) is 19.5. The molecule has 1 amide bonds. The van der Waals surface area contributed by atoms with Crippen LogP contribution in [0.2, 0.25) is 0 Å². The molecule has 2 aromatic rings. The van der Waals surface area contributed by atoms with E-state index in [2.05, 4.69) is 11.4 Å². The third-order valence-corrected chi connectivity index (χ3v) is 3.78. The average Bonchev–Trinajstić information content (AvgIpc) is 2.59. The number of carbonyl (C=O) groups excluding carboxylic acids is 2. The van der Waals surface area contributed by atoms with Gasteiger partial charge in [-0.2, -0.15) is 0 Å². The molecule has 5 heteroatoms. The highest BCUT2D eigenvalue weighted by Crippen LogP contribution is 2.19. The Balaban J connectivity index is 2.09. The van der Waals surface area contributed by atoms with Crippen molar-refractivity contribution in [2.75, 3.05) is 11.9 Å². The fourth-order valence-electron chi connectivity index (χ4n) is 2.65. The standard InChI is InChI=1S/C21H25NO4/c1-5-19(26-18-11-14(3)10-15(4)12-18)20(23)22-17-9-7-8-16(13-17)21(24)25-6-2/h7-13,19H,5-6H2,1-4H3,(H,22,23)/t19-/m1/s1. The number of carbonyl (C=O) groups is 2. The topological polar surface area (TPSA) is 64.6 Å². The van der Waals surface area contributed by atoms with Crippen LogP contribution in [0.3, 0.4) is 0 Å². The smallest absolute Gasteiger partial charge is 0.338 e. The van der Waals surface area contributed by atoms with E-state index < -0.39 is 12.1 Å². The Morgan fingerprint density at radius 2 is 1.73 bits per heavy atom. The molecule has 26 heavy (non-hydrogen) atoms. The van der Waals surface area contributed by atoms with Crippen LogP contribution in [0, 0.1) is 13.8 Å². The number of aryl methyl sites for hydroxylation is 2. The van der Waals surface area contributed by atoms with E-state index in [1.807, 2.05) is 32.9 Å². The minimum Gasteiger partial charge on any atom is -0.481 e. The Labute approximate surface area is 154 Å². The number of benzene rings is 2. The summed E-state index contributed by atoms with van der Waals surface area (Å²) in [4.78, 5) is 24.4. The van der Waals surface area contributed by atoms with E-state index in [9.17, 15) is 9.59 Å². The SMILES string of the molecule is CCOC(=O)c1cccc(NC(=O)[C@@H](CC)Oc2cc(C)cc(C)c2)c1. The molecule has 0 unspecified atom stereocenters. The van der Waals surface area contributed by atoms with Crippen LogP contribution in [0.15, 0.2) is 42.5 Å². The third-order valence-electron chi connectivity index (χ3n) is 3.78. The molecule has 0 aliphatic carbocycles. The van der Waals surface area contributed by atoms with Crippen molar-refractivity contribution in [2.24, 2.45) is 0 Å². The predicted molar refractivity (Wildman–Crippen MR) is 102 cm³/mol. The van der Waals surface area contributed by atoms with Crippen LogP contribution in [0.4, 0.5) is 5.69 Å². The van der Waals surface area contributed by atoms with Gasteiger partial charge < -0.3 is 14.8 Å². The van der Waals surface area contributed by atoms with E-state index in [1.165, 1.54) is 0 Å². The Hall–Kier alpha value is -2.82. The molecule has 1 N–H and O–H groups in total. The molecule has 5 nitrogen and oxygen atoms in total. The highest BCUT2D eigenvalue weighted by molar-refractivity contribution is 5.96. The highest BCUT2D eigenvalue weighted by Gasteiger charge is 2.19. The molecule has 1 atom stereocenters. The first-order valence-electron chi connectivity index (χ1n) is 8.76. The number of esters is 1. The van der Waals surface area contributed by atoms with Gasteiger partial charge in [-0.25, -0.2) is 4.79 Å². The van der Waals surface area contributed by atoms with Crippen LogP contribution < -0.4 is 10.1 Å². The Kier molecular flexibility index (Phi) is 6.78. The molecule has 138 valence electrons. The molecule has 0 saturated heterocycles. The van der Waals surface area contributed by atoms with Gasteiger partial charge in [0.1, 0.15) is 5.75 Å². The zero-order valence-electron chi connectivity index (χ0n) is 15.7. The number of nitrogens with one attached hydrogen (secondary N) is 1. The van der Waals surface area contributed by atoms with Crippen LogP contribution in [0.5, 0.6) is 5.75 Å². The largest absolute Gasteiger partial charge is 0.481 e. The maximum absolute atomic E-state index is 12.6. The molecule has 0 aromatic heterocycles. The Bertz CT molecular complexity index is 765. The first-order chi connectivity index (χ1) is 12.4. The average molecular weight is 355 g/mol. The van der Waals surface area contributed by atoms with E-state index in [-0.39, 0.29) is 5.91 Å². The van der Waals surface area contributed by atoms with E-state index in [0.717, 1.165) is 11.1 Å². The number of rotatable bonds is 7. The van der Waals surface area contributed by atoms with Gasteiger partial charge in [-0.15, -0.1) is 0 Å². The van der Waals surface area contributed by atoms with Crippen molar-refractivity contribution in [3.8, 4) is 5.75 Å². The van der Waals surface area contributed by atoms with Crippen LogP contribution in [-0.2, 0) is 9.53 Å². The Morgan fingerprint density at radius 1 is 1.04 bits per heavy atom. The lowest BCUT2D eigenvalue weighted by molar-refractivity contribution is -0.122. The molecular formula is C21H25NO4. The van der Waals surface area contributed by atoms with Crippen molar-refractivity contribution in [3.05, 3.63) is 59.2 Å². The number of amides is 1. The van der Waals surface area contributed by atoms with E-state index in [1.54, 1.807) is 31.2 Å². The minimum atomic E-state index is -0.623. The van der Waals surface area contributed by atoms with Gasteiger partial charge in [0, 0.05) is 5.69 Å². The van der Waals surface area contributed by atoms with Gasteiger partial charge in [-0.3, -0.25) is 4.79 Å². The predicted octanol–water partition coefficient (Wildman–Crippen LogP) is 4.28. The summed E-state index contributed by atoms with van der Waals surface area (Å²) in [5.74, 6) is -0.000399. The molecule has 0 bridgehead atoms. The van der Waals surface area contributed by atoms with Crippen molar-refractivity contribution in [2.45, 2.75) is 40.2 Å². The molecule has 2 aromatic carbocycles. The first-order valence-corrected chi connectivity index (χ1v) is 8.76. The zero-order valence-corrected chi connectivity index (χ0v) is 15.7. The molecular weight excluding hydrogens is 330 g/mol. The maximum Gasteiger partial charge on any atom is 0.338 e. The summed E-state index contributed by atoms with van der Waals surface area (Å²) in [6.07, 6.45) is -0.0985. The minimum absolute atomic E-state index is 0.257. The molecule has 0 aliphatic heterocycles. The zero-order chi connectivity index (χ0) is 19.1. The Morgan fingerprint density at radius 3 is 2.35 bits per heavy atom. The summed E-state index contributed by atoms with van der Waals surface area (Å²) in [7, 11) is 0. The summed E-state index contributed by atoms with van der Waals surface area (Å²) in [5, 5.41) is 2.81. The quantitative estimate of drug-likeness (QED) is 0.753. The van der Waals surface area contributed by atoms with Gasteiger partial charge >= 0.3 is 5.97 Å². The molecule has 0 fully saturated rings. The van der Waals surface area contributed by atoms with Crippen LogP contribution in [0.1, 0.15) is 41.8 Å². The van der Waals surface area contributed by atoms with Crippen molar-refractivity contribution in [1.82, 2.24) is 0 Å². The van der Waals surface area contributed by atoms with Gasteiger partial charge in [0.25, 0.3) is 5.91 Å². The number of ether oxygens (including phenoxy) is 2. The maximum atomic E-state index is 12.6. The van der Waals surface area contributed by atoms with Gasteiger partial charge in [0.2, 0.25) is 0 Å². The summed E-state index contributed by atoms with van der Waals surface area (Å²) < 4.78 is 10.9. The fraction of sp³-hybridized carbons (Fsp3) is 0.333. The van der Waals surface area contributed by atoms with E-state index in [4.69, 9.17) is 9.47 Å². The third kappa shape index (κ3) is 5.34. The van der Waals surface area contributed by atoms with Crippen molar-refractivity contribution in [1.29, 1.82) is 0 Å². The normalized spacial score (nSPS) is 11.5. The molecule has 0 heterocycles. The van der Waals surface area contributed by atoms with Gasteiger partial charge in [0.15, 0.2) is 6.10 Å². The molecule has 0 saturated carbocycles. The van der Waals surface area contributed by atoms with Gasteiger partial charge in [-0.05, 0) is 68.7 Å². The monoisotopic (exact) mass is 355 g/mol. The van der Waals surface area contributed by atoms with Gasteiger partial charge in [0.05, 0.1) is 12.2 Å². The van der Waals surface area contributed by atoms with Crippen LogP contribution in [-0.4, -0.2) is 24.6 Å². The lowest BCUT2D eigenvalue weighted by atomic mass is 10.1. The summed E-state index contributed by atoms with van der Waals surface area (Å²) in [6.45, 7) is 7.92. The molecule has 2 rings (SSSR count). The van der Waals surface area contributed by atoms with Crippen molar-refractivity contribution in [3.63, 3.8) is 0 Å². The lowest BCUT2D eigenvalue weighted by Crippen LogP contribution is -2.32. The van der Waals surface area contributed by atoms with E-state index >= 15 is 0 Å². The van der Waals surface area contributed by atoms with Gasteiger partial charge in [-0.1, -0.05) is 19.1 Å². The second-order valence-electron chi connectivity index (χ2n) is 6.13. The summed E-state index contributed by atoms with van der Waals surface area (Å²) in [5.41, 5.74) is 3.09. The molecule has 0 aliphatic rings.